The highest BCUT2D eigenvalue weighted by atomic mass is 79.9. The molecule has 0 saturated carbocycles. The maximum Gasteiger partial charge on any atom is 0.151 e. The second-order valence-electron chi connectivity index (χ2n) is 3.10. The molecule has 0 bridgehead atoms. The van der Waals surface area contributed by atoms with Crippen molar-refractivity contribution in [3.05, 3.63) is 34.2 Å². The first-order chi connectivity index (χ1) is 6.59. The van der Waals surface area contributed by atoms with E-state index >= 15 is 0 Å². The minimum Gasteiger partial charge on any atom is -0.457 e. The molecule has 1 aromatic heterocycles. The lowest BCUT2D eigenvalue weighted by molar-refractivity contribution is 0.172. The number of hydrogen-bond donors (Lipinski definition) is 1. The molecule has 0 saturated heterocycles. The molecule has 0 aliphatic carbocycles. The van der Waals surface area contributed by atoms with Crippen molar-refractivity contribution in [3.63, 3.8) is 0 Å². The van der Waals surface area contributed by atoms with Crippen molar-refractivity contribution in [1.29, 1.82) is 0 Å². The van der Waals surface area contributed by atoms with Gasteiger partial charge in [-0.05, 0) is 41.1 Å². The zero-order chi connectivity index (χ0) is 10.3. The fraction of sp³-hybridized carbons (Fsp3) is 0.200. The van der Waals surface area contributed by atoms with E-state index in [1.807, 2.05) is 0 Å². The number of fused-ring (bicyclic) bond motifs is 1. The Hall–Kier alpha value is -0.870. The predicted octanol–water partition coefficient (Wildman–Crippen LogP) is 3.39. The summed E-state index contributed by atoms with van der Waals surface area (Å²) in [6.07, 6.45) is -0.728. The van der Waals surface area contributed by atoms with Crippen LogP contribution in [0.1, 0.15) is 18.8 Å². The summed E-state index contributed by atoms with van der Waals surface area (Å²) in [5.74, 6) is 0.0182. The largest absolute Gasteiger partial charge is 0.457 e. The van der Waals surface area contributed by atoms with E-state index in [2.05, 4.69) is 15.9 Å². The van der Waals surface area contributed by atoms with Gasteiger partial charge in [-0.3, -0.25) is 0 Å². The van der Waals surface area contributed by atoms with Gasteiger partial charge >= 0.3 is 0 Å². The Morgan fingerprint density at radius 3 is 2.79 bits per heavy atom. The molecule has 0 fully saturated rings. The summed E-state index contributed by atoms with van der Waals surface area (Å²) in [5, 5.41) is 9.66. The van der Waals surface area contributed by atoms with Crippen LogP contribution in [0.15, 0.2) is 27.1 Å². The molecule has 1 heterocycles. The first-order valence-corrected chi connectivity index (χ1v) is 4.94. The Morgan fingerprint density at radius 2 is 2.21 bits per heavy atom. The molecule has 1 unspecified atom stereocenters. The first-order valence-electron chi connectivity index (χ1n) is 4.15. The summed E-state index contributed by atoms with van der Waals surface area (Å²) in [7, 11) is 0. The molecular formula is C10H8BrFO2. The van der Waals surface area contributed by atoms with Crippen LogP contribution < -0.4 is 0 Å². The molecule has 1 aromatic carbocycles. The molecule has 2 aromatic rings. The molecule has 2 rings (SSSR count). The Balaban J connectivity index is 2.75. The van der Waals surface area contributed by atoms with E-state index in [1.54, 1.807) is 13.0 Å². The SMILES string of the molecule is CC(O)c1cc2c(F)ccc(Br)c2o1. The maximum absolute atomic E-state index is 13.3. The van der Waals surface area contributed by atoms with Gasteiger partial charge in [0.15, 0.2) is 5.58 Å². The molecule has 2 nitrogen and oxygen atoms in total. The van der Waals surface area contributed by atoms with Crippen LogP contribution in [0.3, 0.4) is 0 Å². The highest BCUT2D eigenvalue weighted by molar-refractivity contribution is 9.10. The summed E-state index contributed by atoms with van der Waals surface area (Å²) in [6, 6.07) is 4.45. The lowest BCUT2D eigenvalue weighted by Gasteiger charge is -1.96. The predicted molar refractivity (Wildman–Crippen MR) is 54.5 cm³/mol. The molecule has 0 aliphatic rings. The van der Waals surface area contributed by atoms with Crippen LogP contribution in [0.5, 0.6) is 0 Å². The maximum atomic E-state index is 13.3. The average molecular weight is 259 g/mol. The van der Waals surface area contributed by atoms with Gasteiger partial charge in [-0.25, -0.2) is 4.39 Å². The molecule has 4 heteroatoms. The van der Waals surface area contributed by atoms with Crippen molar-refractivity contribution in [3.8, 4) is 0 Å². The quantitative estimate of drug-likeness (QED) is 0.851. The fourth-order valence-corrected chi connectivity index (χ4v) is 1.71. The topological polar surface area (TPSA) is 33.4 Å². The molecule has 74 valence electrons. The Labute approximate surface area is 88.5 Å². The van der Waals surface area contributed by atoms with E-state index < -0.39 is 6.10 Å². The molecule has 0 spiro atoms. The van der Waals surface area contributed by atoms with Crippen molar-refractivity contribution in [2.75, 3.05) is 0 Å². The van der Waals surface area contributed by atoms with Crippen LogP contribution in [-0.4, -0.2) is 5.11 Å². The number of furan rings is 1. The Bertz CT molecular complexity index is 437. The number of benzene rings is 1. The first kappa shape index (κ1) is 9.68. The normalized spacial score (nSPS) is 13.4. The highest BCUT2D eigenvalue weighted by Crippen LogP contribution is 2.31. The van der Waals surface area contributed by atoms with Gasteiger partial charge in [-0.15, -0.1) is 0 Å². The summed E-state index contributed by atoms with van der Waals surface area (Å²) in [4.78, 5) is 0. The van der Waals surface area contributed by atoms with Crippen LogP contribution in [0.4, 0.5) is 4.39 Å². The van der Waals surface area contributed by atoms with Crippen LogP contribution in [0.2, 0.25) is 0 Å². The van der Waals surface area contributed by atoms with E-state index in [1.165, 1.54) is 12.1 Å². The summed E-state index contributed by atoms with van der Waals surface area (Å²) < 4.78 is 19.3. The van der Waals surface area contributed by atoms with Gasteiger partial charge in [0.1, 0.15) is 17.7 Å². The van der Waals surface area contributed by atoms with E-state index in [-0.39, 0.29) is 5.82 Å². The number of aliphatic hydroxyl groups excluding tert-OH is 1. The molecule has 0 radical (unpaired) electrons. The fourth-order valence-electron chi connectivity index (χ4n) is 1.28. The zero-order valence-corrected chi connectivity index (χ0v) is 9.01. The Kier molecular flexibility index (Phi) is 2.33. The third kappa shape index (κ3) is 1.44. The average Bonchev–Trinajstić information content (AvgIpc) is 2.57. The van der Waals surface area contributed by atoms with Gasteiger partial charge in [0.25, 0.3) is 0 Å². The molecular weight excluding hydrogens is 251 g/mol. The van der Waals surface area contributed by atoms with E-state index in [0.717, 1.165) is 0 Å². The van der Waals surface area contributed by atoms with Crippen molar-refractivity contribution in [2.24, 2.45) is 0 Å². The number of halogens is 2. The minimum atomic E-state index is -0.728. The van der Waals surface area contributed by atoms with Gasteiger partial charge in [0.2, 0.25) is 0 Å². The third-order valence-corrected chi connectivity index (χ3v) is 2.64. The van der Waals surface area contributed by atoms with Gasteiger partial charge in [-0.2, -0.15) is 0 Å². The number of aliphatic hydroxyl groups is 1. The Morgan fingerprint density at radius 1 is 1.50 bits per heavy atom. The third-order valence-electron chi connectivity index (χ3n) is 2.01. The van der Waals surface area contributed by atoms with Crippen LogP contribution in [0, 0.1) is 5.82 Å². The van der Waals surface area contributed by atoms with Crippen molar-refractivity contribution in [2.45, 2.75) is 13.0 Å². The van der Waals surface area contributed by atoms with E-state index in [4.69, 9.17) is 4.42 Å². The second-order valence-corrected chi connectivity index (χ2v) is 3.95. The minimum absolute atomic E-state index is 0.348. The van der Waals surface area contributed by atoms with E-state index in [9.17, 15) is 9.50 Å². The smallest absolute Gasteiger partial charge is 0.151 e. The molecule has 14 heavy (non-hydrogen) atoms. The summed E-state index contributed by atoms with van der Waals surface area (Å²) >= 11 is 3.25. The zero-order valence-electron chi connectivity index (χ0n) is 7.42. The van der Waals surface area contributed by atoms with Crippen LogP contribution >= 0.6 is 15.9 Å². The number of hydrogen-bond acceptors (Lipinski definition) is 2. The summed E-state index contributed by atoms with van der Waals surface area (Å²) in [6.45, 7) is 1.57. The monoisotopic (exact) mass is 258 g/mol. The molecule has 1 N–H and O–H groups in total. The standard InChI is InChI=1S/C10H8BrFO2/c1-5(13)9-4-6-8(12)3-2-7(11)10(6)14-9/h2-5,13H,1H3. The van der Waals surface area contributed by atoms with Crippen LogP contribution in [-0.2, 0) is 0 Å². The van der Waals surface area contributed by atoms with Crippen LogP contribution in [0.25, 0.3) is 11.0 Å². The van der Waals surface area contributed by atoms with Crippen molar-refractivity contribution >= 4 is 26.9 Å². The van der Waals surface area contributed by atoms with Gasteiger partial charge < -0.3 is 9.52 Å². The second kappa shape index (κ2) is 3.37. The highest BCUT2D eigenvalue weighted by Gasteiger charge is 2.13. The number of rotatable bonds is 1. The van der Waals surface area contributed by atoms with Crippen molar-refractivity contribution in [1.82, 2.24) is 0 Å². The van der Waals surface area contributed by atoms with Gasteiger partial charge in [-0.1, -0.05) is 0 Å². The summed E-state index contributed by atoms with van der Waals surface area (Å²) in [5.41, 5.74) is 0.431. The van der Waals surface area contributed by atoms with Crippen molar-refractivity contribution < 1.29 is 13.9 Å². The lowest BCUT2D eigenvalue weighted by atomic mass is 10.2. The molecule has 1 atom stereocenters. The van der Waals surface area contributed by atoms with E-state index in [0.29, 0.717) is 21.2 Å². The van der Waals surface area contributed by atoms with Gasteiger partial charge in [0, 0.05) is 0 Å². The molecule has 0 amide bonds. The lowest BCUT2D eigenvalue weighted by Crippen LogP contribution is -1.85. The van der Waals surface area contributed by atoms with Gasteiger partial charge in [0.05, 0.1) is 9.86 Å². The molecule has 0 aliphatic heterocycles.